The van der Waals surface area contributed by atoms with Crippen molar-refractivity contribution in [2.45, 2.75) is 90.5 Å². The quantitative estimate of drug-likeness (QED) is 0.570. The van der Waals surface area contributed by atoms with E-state index in [0.717, 1.165) is 48.2 Å². The Morgan fingerprint density at radius 3 is 2.47 bits per heavy atom. The molecular weight excluding hydrogens is 459 g/mol. The average Bonchev–Trinajstić information content (AvgIpc) is 3.54. The molecule has 36 heavy (non-hydrogen) atoms. The van der Waals surface area contributed by atoms with Crippen LogP contribution in [-0.4, -0.2) is 64.9 Å². The lowest BCUT2D eigenvalue weighted by Gasteiger charge is -2.32. The van der Waals surface area contributed by atoms with E-state index >= 15 is 0 Å². The third-order valence-electron chi connectivity index (χ3n) is 7.92. The van der Waals surface area contributed by atoms with E-state index in [2.05, 4.69) is 55.1 Å². The Labute approximate surface area is 214 Å². The zero-order chi connectivity index (χ0) is 26.3. The molecule has 0 spiro atoms. The van der Waals surface area contributed by atoms with Crippen LogP contribution in [0.25, 0.3) is 5.57 Å². The Balaban J connectivity index is 1.47. The lowest BCUT2D eigenvalue weighted by Crippen LogP contribution is -2.51. The van der Waals surface area contributed by atoms with Gasteiger partial charge in [-0.15, -0.1) is 0 Å². The number of hydrogen-bond donors (Lipinski definition) is 2. The molecule has 0 saturated carbocycles. The monoisotopic (exact) mass is 498 g/mol. The first-order valence-corrected chi connectivity index (χ1v) is 12.9. The minimum absolute atomic E-state index is 0.0673. The van der Waals surface area contributed by atoms with E-state index in [-0.39, 0.29) is 36.2 Å². The summed E-state index contributed by atoms with van der Waals surface area (Å²) < 4.78 is 17.1. The predicted octanol–water partition coefficient (Wildman–Crippen LogP) is 4.19. The van der Waals surface area contributed by atoms with E-state index < -0.39 is 12.1 Å². The second-order valence-electron chi connectivity index (χ2n) is 11.3. The van der Waals surface area contributed by atoms with Crippen LogP contribution < -0.4 is 5.32 Å². The van der Waals surface area contributed by atoms with Crippen LogP contribution in [0.2, 0.25) is 0 Å². The summed E-state index contributed by atoms with van der Waals surface area (Å²) in [6.45, 7) is 12.7. The maximum Gasteiger partial charge on any atom is 0.490 e. The van der Waals surface area contributed by atoms with Crippen molar-refractivity contribution in [3.8, 4) is 0 Å². The van der Waals surface area contributed by atoms with E-state index in [4.69, 9.17) is 14.0 Å². The van der Waals surface area contributed by atoms with E-state index in [1.165, 1.54) is 7.11 Å². The lowest BCUT2D eigenvalue weighted by atomic mass is 9.73. The summed E-state index contributed by atoms with van der Waals surface area (Å²) in [5.74, 6) is 0.600. The number of ether oxygens (including phenoxy) is 1. The summed E-state index contributed by atoms with van der Waals surface area (Å²) in [6, 6.07) is -0.793. The second-order valence-corrected chi connectivity index (χ2v) is 11.3. The van der Waals surface area contributed by atoms with Crippen molar-refractivity contribution in [2.75, 3.05) is 13.7 Å². The lowest BCUT2D eigenvalue weighted by molar-refractivity contribution is -0.135. The maximum absolute atomic E-state index is 13.4. The number of amides is 2. The van der Waals surface area contributed by atoms with Crippen molar-refractivity contribution in [1.82, 2.24) is 20.2 Å². The molecular formula is C26H39BN4O5. The fourth-order valence-electron chi connectivity index (χ4n) is 4.93. The smallest absolute Gasteiger partial charge is 0.453 e. The van der Waals surface area contributed by atoms with Crippen LogP contribution in [0.5, 0.6) is 0 Å². The highest BCUT2D eigenvalue weighted by molar-refractivity contribution is 6.54. The fourth-order valence-corrected chi connectivity index (χ4v) is 4.93. The molecule has 9 nitrogen and oxygen atoms in total. The molecule has 1 aliphatic carbocycles. The Morgan fingerprint density at radius 1 is 1.19 bits per heavy atom. The van der Waals surface area contributed by atoms with Gasteiger partial charge in [0.15, 0.2) is 0 Å². The number of H-pyrrole nitrogens is 1. The van der Waals surface area contributed by atoms with E-state index in [9.17, 15) is 9.59 Å². The molecule has 10 heteroatoms. The highest BCUT2D eigenvalue weighted by Gasteiger charge is 2.52. The fraction of sp³-hybridized carbons (Fsp3) is 0.654. The summed E-state index contributed by atoms with van der Waals surface area (Å²) in [5.41, 5.74) is 2.56. The van der Waals surface area contributed by atoms with Gasteiger partial charge < -0.3 is 29.2 Å². The largest absolute Gasteiger partial charge is 0.490 e. The van der Waals surface area contributed by atoms with Crippen LogP contribution in [-0.2, 0) is 18.8 Å². The van der Waals surface area contributed by atoms with Crippen molar-refractivity contribution in [3.63, 3.8) is 0 Å². The van der Waals surface area contributed by atoms with Crippen molar-refractivity contribution in [1.29, 1.82) is 0 Å². The summed E-state index contributed by atoms with van der Waals surface area (Å²) in [7, 11) is 0.976. The van der Waals surface area contributed by atoms with Crippen LogP contribution in [0.3, 0.4) is 0 Å². The standard InChI is InChI=1S/C26H39BN4O5/c1-16(2)21(30-24(33)34-7)23(32)31-14-8-9-20(31)22-28-15-19(29-22)17-10-12-18(13-11-17)27-35-25(3,4)26(5,6)36-27/h10,12,15-16,20-21H,8-9,11,13-14H2,1-7H3,(H,28,29)(H,30,33). The molecule has 2 amide bonds. The van der Waals surface area contributed by atoms with Gasteiger partial charge in [-0.05, 0) is 70.3 Å². The van der Waals surface area contributed by atoms with Crippen LogP contribution >= 0.6 is 0 Å². The molecule has 4 rings (SSSR count). The SMILES string of the molecule is COC(=O)NC(C(=O)N1CCCC1c1ncc(C2=CC=C(B3OC(C)(C)C(C)(C)O3)CC2)[nH]1)C(C)C. The van der Waals surface area contributed by atoms with Crippen molar-refractivity contribution < 1.29 is 23.6 Å². The molecule has 2 unspecified atom stereocenters. The zero-order valence-electron chi connectivity index (χ0n) is 22.5. The molecule has 2 aliphatic heterocycles. The van der Waals surface area contributed by atoms with Gasteiger partial charge in [-0.2, -0.15) is 0 Å². The number of alkyl carbamates (subject to hydrolysis) is 1. The minimum atomic E-state index is -0.646. The van der Waals surface area contributed by atoms with Gasteiger partial charge in [0, 0.05) is 6.54 Å². The minimum Gasteiger partial charge on any atom is -0.453 e. The molecule has 3 heterocycles. The molecule has 1 aromatic rings. The normalized spacial score (nSPS) is 23.9. The molecule has 2 atom stereocenters. The number of aromatic amines is 1. The number of rotatable bonds is 6. The first-order chi connectivity index (χ1) is 16.9. The number of methoxy groups -OCH3 is 1. The van der Waals surface area contributed by atoms with E-state index in [0.29, 0.717) is 6.54 Å². The Hall–Kier alpha value is -2.59. The number of allylic oxidation sites excluding steroid dienone is 4. The van der Waals surface area contributed by atoms with Gasteiger partial charge in [-0.3, -0.25) is 4.79 Å². The Bertz CT molecular complexity index is 1040. The number of aromatic nitrogens is 2. The van der Waals surface area contributed by atoms with Crippen LogP contribution in [0.4, 0.5) is 4.79 Å². The molecule has 2 fully saturated rings. The summed E-state index contributed by atoms with van der Waals surface area (Å²) in [6.07, 6.45) is 8.86. The molecule has 3 aliphatic rings. The van der Waals surface area contributed by atoms with Crippen LogP contribution in [0.15, 0.2) is 23.8 Å². The van der Waals surface area contributed by atoms with E-state index in [1.54, 1.807) is 0 Å². The molecule has 2 N–H and O–H groups in total. The zero-order valence-corrected chi connectivity index (χ0v) is 22.5. The van der Waals surface area contributed by atoms with Gasteiger partial charge in [-0.25, -0.2) is 9.78 Å². The molecule has 0 aromatic carbocycles. The van der Waals surface area contributed by atoms with Crippen molar-refractivity contribution in [3.05, 3.63) is 35.3 Å². The third kappa shape index (κ3) is 5.11. The Kier molecular flexibility index (Phi) is 7.39. The number of carbonyl (C=O) groups is 2. The third-order valence-corrected chi connectivity index (χ3v) is 7.92. The number of imidazole rings is 1. The number of nitrogens with one attached hydrogen (secondary N) is 2. The van der Waals surface area contributed by atoms with Gasteiger partial charge >= 0.3 is 13.2 Å². The summed E-state index contributed by atoms with van der Waals surface area (Å²) in [4.78, 5) is 35.1. The maximum atomic E-state index is 13.4. The topological polar surface area (TPSA) is 106 Å². The number of likely N-dealkylation sites (tertiary alicyclic amines) is 1. The average molecular weight is 498 g/mol. The molecule has 0 radical (unpaired) electrons. The van der Waals surface area contributed by atoms with Gasteiger partial charge in [0.05, 0.1) is 36.2 Å². The first kappa shape index (κ1) is 26.5. The number of carbonyl (C=O) groups excluding carboxylic acids is 2. The van der Waals surface area contributed by atoms with Gasteiger partial charge in [-0.1, -0.05) is 26.0 Å². The number of hydrogen-bond acceptors (Lipinski definition) is 6. The Morgan fingerprint density at radius 2 is 1.89 bits per heavy atom. The highest BCUT2D eigenvalue weighted by atomic mass is 16.7. The van der Waals surface area contributed by atoms with Crippen LogP contribution in [0.1, 0.15) is 84.8 Å². The molecule has 1 aromatic heterocycles. The van der Waals surface area contributed by atoms with Crippen molar-refractivity contribution in [2.24, 2.45) is 5.92 Å². The molecule has 196 valence electrons. The second kappa shape index (κ2) is 10.1. The highest BCUT2D eigenvalue weighted by Crippen LogP contribution is 2.41. The summed E-state index contributed by atoms with van der Waals surface area (Å²) in [5, 5.41) is 2.69. The summed E-state index contributed by atoms with van der Waals surface area (Å²) >= 11 is 0. The predicted molar refractivity (Wildman–Crippen MR) is 138 cm³/mol. The molecule has 0 bridgehead atoms. The van der Waals surface area contributed by atoms with E-state index in [1.807, 2.05) is 24.9 Å². The van der Waals surface area contributed by atoms with Gasteiger partial charge in [0.25, 0.3) is 0 Å². The van der Waals surface area contributed by atoms with Crippen molar-refractivity contribution >= 4 is 24.7 Å². The van der Waals surface area contributed by atoms with Gasteiger partial charge in [0.2, 0.25) is 5.91 Å². The molecule has 2 saturated heterocycles. The van der Waals surface area contributed by atoms with Crippen LogP contribution in [0, 0.1) is 5.92 Å². The first-order valence-electron chi connectivity index (χ1n) is 12.9. The van der Waals surface area contributed by atoms with Gasteiger partial charge in [0.1, 0.15) is 11.9 Å². The number of nitrogens with zero attached hydrogens (tertiary/aromatic N) is 2.